The van der Waals surface area contributed by atoms with Gasteiger partial charge in [0, 0.05) is 18.9 Å². The number of aliphatic hydroxyl groups excluding tert-OH is 1. The Morgan fingerprint density at radius 1 is 1.40 bits per heavy atom. The number of allylic oxidation sites excluding steroid dienone is 2. The maximum atomic E-state index is 12.4. The summed E-state index contributed by atoms with van der Waals surface area (Å²) in [5.41, 5.74) is 0. The van der Waals surface area contributed by atoms with Crippen molar-refractivity contribution in [2.24, 2.45) is 5.92 Å². The lowest BCUT2D eigenvalue weighted by atomic mass is 9.98. The molecule has 0 aromatic heterocycles. The molecule has 7 nitrogen and oxygen atoms in total. The van der Waals surface area contributed by atoms with E-state index >= 15 is 0 Å². The van der Waals surface area contributed by atoms with Crippen LogP contribution >= 0.6 is 0 Å². The van der Waals surface area contributed by atoms with E-state index in [-0.39, 0.29) is 43.4 Å². The quantitative estimate of drug-likeness (QED) is 0.517. The fraction of sp³-hybridized carbons (Fsp3) is 0.722. The standard InChI is InChI=1S/C18H30N2O5/c1-13(12-21)20-16(22)10-15-8-6-4-3-5-7-9-17(23)25-14(2)11-19-18(15)24/h4,6,13-15,21H,3,5,7-12H2,1-2H3,(H,19,24)(H,20,22). The van der Waals surface area contributed by atoms with Crippen molar-refractivity contribution in [1.29, 1.82) is 0 Å². The maximum absolute atomic E-state index is 12.4. The molecule has 25 heavy (non-hydrogen) atoms. The van der Waals surface area contributed by atoms with Crippen molar-refractivity contribution in [1.82, 2.24) is 10.6 Å². The maximum Gasteiger partial charge on any atom is 0.306 e. The molecule has 0 bridgehead atoms. The van der Waals surface area contributed by atoms with Crippen molar-refractivity contribution in [2.45, 2.75) is 64.5 Å². The first kappa shape index (κ1) is 21.2. The van der Waals surface area contributed by atoms with Crippen molar-refractivity contribution in [3.8, 4) is 0 Å². The molecule has 0 spiro atoms. The third-order valence-corrected chi connectivity index (χ3v) is 3.97. The fourth-order valence-corrected chi connectivity index (χ4v) is 2.51. The van der Waals surface area contributed by atoms with E-state index in [4.69, 9.17) is 9.84 Å². The zero-order chi connectivity index (χ0) is 18.7. The second kappa shape index (κ2) is 11.6. The van der Waals surface area contributed by atoms with Gasteiger partial charge >= 0.3 is 5.97 Å². The number of hydrogen-bond acceptors (Lipinski definition) is 5. The van der Waals surface area contributed by atoms with Crippen LogP contribution in [0.2, 0.25) is 0 Å². The number of ether oxygens (including phenoxy) is 1. The van der Waals surface area contributed by atoms with Crippen LogP contribution in [0.4, 0.5) is 0 Å². The van der Waals surface area contributed by atoms with Crippen LogP contribution in [0.1, 0.15) is 52.4 Å². The molecule has 0 aliphatic carbocycles. The number of esters is 1. The summed E-state index contributed by atoms with van der Waals surface area (Å²) < 4.78 is 5.25. The van der Waals surface area contributed by atoms with Crippen LogP contribution in [0.15, 0.2) is 12.2 Å². The summed E-state index contributed by atoms with van der Waals surface area (Å²) >= 11 is 0. The average molecular weight is 354 g/mol. The first-order chi connectivity index (χ1) is 11.9. The number of hydrogen-bond donors (Lipinski definition) is 3. The summed E-state index contributed by atoms with van der Waals surface area (Å²) in [6, 6.07) is -0.343. The first-order valence-electron chi connectivity index (χ1n) is 8.94. The highest BCUT2D eigenvalue weighted by molar-refractivity contribution is 5.86. The number of carbonyl (C=O) groups is 3. The molecular formula is C18H30N2O5. The fourth-order valence-electron chi connectivity index (χ4n) is 2.51. The van der Waals surface area contributed by atoms with Gasteiger partial charge in [0.25, 0.3) is 0 Å². The Kier molecular flexibility index (Phi) is 9.84. The number of aliphatic hydroxyl groups is 1. The normalized spacial score (nSPS) is 24.6. The molecule has 0 aromatic carbocycles. The Bertz CT molecular complexity index is 478. The molecule has 142 valence electrons. The van der Waals surface area contributed by atoms with Crippen molar-refractivity contribution in [3.63, 3.8) is 0 Å². The number of cyclic esters (lactones) is 1. The van der Waals surface area contributed by atoms with Gasteiger partial charge in [-0.1, -0.05) is 12.2 Å². The van der Waals surface area contributed by atoms with E-state index in [1.807, 2.05) is 12.2 Å². The highest BCUT2D eigenvalue weighted by Gasteiger charge is 2.22. The molecule has 3 N–H and O–H groups in total. The van der Waals surface area contributed by atoms with E-state index in [2.05, 4.69) is 10.6 Å². The van der Waals surface area contributed by atoms with Gasteiger partial charge in [-0.2, -0.15) is 0 Å². The predicted molar refractivity (Wildman–Crippen MR) is 93.6 cm³/mol. The van der Waals surface area contributed by atoms with Gasteiger partial charge < -0.3 is 20.5 Å². The highest BCUT2D eigenvalue weighted by Crippen LogP contribution is 2.13. The van der Waals surface area contributed by atoms with E-state index in [1.165, 1.54) is 0 Å². The zero-order valence-electron chi connectivity index (χ0n) is 15.1. The van der Waals surface area contributed by atoms with E-state index in [0.717, 1.165) is 19.3 Å². The van der Waals surface area contributed by atoms with Crippen molar-refractivity contribution in [2.75, 3.05) is 13.2 Å². The van der Waals surface area contributed by atoms with Crippen LogP contribution in [0, 0.1) is 5.92 Å². The molecule has 0 aromatic rings. The number of carbonyl (C=O) groups excluding carboxylic acids is 3. The van der Waals surface area contributed by atoms with Crippen molar-refractivity contribution in [3.05, 3.63) is 12.2 Å². The number of nitrogens with one attached hydrogen (secondary N) is 2. The molecule has 2 amide bonds. The summed E-state index contributed by atoms with van der Waals surface area (Å²) in [6.45, 7) is 3.50. The molecule has 0 saturated carbocycles. The lowest BCUT2D eigenvalue weighted by molar-refractivity contribution is -0.148. The van der Waals surface area contributed by atoms with Gasteiger partial charge in [0.05, 0.1) is 19.1 Å². The van der Waals surface area contributed by atoms with Crippen molar-refractivity contribution >= 4 is 17.8 Å². The molecule has 1 aliphatic heterocycles. The van der Waals surface area contributed by atoms with Crippen LogP contribution in [0.3, 0.4) is 0 Å². The average Bonchev–Trinajstić information content (AvgIpc) is 2.56. The largest absolute Gasteiger partial charge is 0.461 e. The predicted octanol–water partition coefficient (Wildman–Crippen LogP) is 1.06. The lowest BCUT2D eigenvalue weighted by Gasteiger charge is -2.19. The van der Waals surface area contributed by atoms with E-state index < -0.39 is 12.0 Å². The molecular weight excluding hydrogens is 324 g/mol. The Hall–Kier alpha value is -1.89. The van der Waals surface area contributed by atoms with Gasteiger partial charge in [0.15, 0.2) is 0 Å². The second-order valence-corrected chi connectivity index (χ2v) is 6.55. The van der Waals surface area contributed by atoms with Crippen LogP contribution < -0.4 is 10.6 Å². The van der Waals surface area contributed by atoms with Gasteiger partial charge in [-0.3, -0.25) is 14.4 Å². The SMILES string of the molecule is CC(CO)NC(=O)CC1CC=CCCCCC(=O)OC(C)CNC1=O. The summed E-state index contributed by atoms with van der Waals surface area (Å²) in [7, 11) is 0. The van der Waals surface area contributed by atoms with E-state index in [0.29, 0.717) is 12.8 Å². The topological polar surface area (TPSA) is 105 Å². The highest BCUT2D eigenvalue weighted by atomic mass is 16.5. The van der Waals surface area contributed by atoms with Gasteiger partial charge in [-0.15, -0.1) is 0 Å². The summed E-state index contributed by atoms with van der Waals surface area (Å²) in [5, 5.41) is 14.4. The monoisotopic (exact) mass is 354 g/mol. The molecule has 0 fully saturated rings. The Morgan fingerprint density at radius 3 is 2.88 bits per heavy atom. The van der Waals surface area contributed by atoms with Crippen LogP contribution in [0.5, 0.6) is 0 Å². The Labute approximate surface area is 149 Å². The van der Waals surface area contributed by atoms with Crippen LogP contribution in [-0.2, 0) is 19.1 Å². The second-order valence-electron chi connectivity index (χ2n) is 6.55. The number of rotatable bonds is 4. The van der Waals surface area contributed by atoms with Gasteiger partial charge in [0.2, 0.25) is 11.8 Å². The minimum atomic E-state index is -0.493. The molecule has 1 heterocycles. The van der Waals surface area contributed by atoms with E-state index in [1.54, 1.807) is 13.8 Å². The Balaban J connectivity index is 2.68. The summed E-state index contributed by atoms with van der Waals surface area (Å²) in [4.78, 5) is 36.1. The third-order valence-electron chi connectivity index (χ3n) is 3.97. The van der Waals surface area contributed by atoms with Crippen LogP contribution in [-0.4, -0.2) is 48.2 Å². The first-order valence-corrected chi connectivity index (χ1v) is 8.94. The van der Waals surface area contributed by atoms with Gasteiger partial charge in [-0.05, 0) is 39.5 Å². The number of amides is 2. The van der Waals surface area contributed by atoms with Crippen molar-refractivity contribution < 1.29 is 24.2 Å². The minimum Gasteiger partial charge on any atom is -0.461 e. The molecule has 1 aliphatic rings. The summed E-state index contributed by atoms with van der Waals surface area (Å²) in [5.74, 6) is -1.25. The van der Waals surface area contributed by atoms with Gasteiger partial charge in [0.1, 0.15) is 6.10 Å². The molecule has 0 radical (unpaired) electrons. The molecule has 7 heteroatoms. The van der Waals surface area contributed by atoms with Gasteiger partial charge in [-0.25, -0.2) is 0 Å². The van der Waals surface area contributed by atoms with Crippen LogP contribution in [0.25, 0.3) is 0 Å². The smallest absolute Gasteiger partial charge is 0.306 e. The molecule has 0 saturated heterocycles. The molecule has 3 atom stereocenters. The summed E-state index contributed by atoms with van der Waals surface area (Å²) in [6.07, 6.45) is 6.88. The minimum absolute atomic E-state index is 0.0503. The lowest BCUT2D eigenvalue weighted by Crippen LogP contribution is -2.41. The van der Waals surface area contributed by atoms with E-state index in [9.17, 15) is 14.4 Å². The molecule has 1 rings (SSSR count). The molecule has 3 unspecified atom stereocenters. The third kappa shape index (κ3) is 9.24. The Morgan fingerprint density at radius 2 is 2.16 bits per heavy atom. The zero-order valence-corrected chi connectivity index (χ0v) is 15.1.